The number of nitrogens with two attached hydrogens (primary N) is 1. The zero-order valence-corrected chi connectivity index (χ0v) is 10.3. The highest BCUT2D eigenvalue weighted by molar-refractivity contribution is 5.71. The summed E-state index contributed by atoms with van der Waals surface area (Å²) in [6, 6.07) is 6.94. The Morgan fingerprint density at radius 1 is 1.37 bits per heavy atom. The van der Waals surface area contributed by atoms with Crippen LogP contribution in [0.4, 0.5) is 5.95 Å². The van der Waals surface area contributed by atoms with Gasteiger partial charge in [-0.1, -0.05) is 18.2 Å². The number of nitrogen functional groups attached to an aromatic ring is 1. The number of carboxylic acid groups (broad SMARTS) is 1. The Labute approximate surface area is 109 Å². The van der Waals surface area contributed by atoms with Gasteiger partial charge in [-0.25, -0.2) is 9.97 Å². The highest BCUT2D eigenvalue weighted by Crippen LogP contribution is 2.27. The second kappa shape index (κ2) is 5.34. The lowest BCUT2D eigenvalue weighted by molar-refractivity contribution is -0.136. The minimum absolute atomic E-state index is 0.106. The fourth-order valence-electron chi connectivity index (χ4n) is 1.60. The minimum Gasteiger partial charge on any atom is -0.481 e. The lowest BCUT2D eigenvalue weighted by Crippen LogP contribution is -2.03. The molecule has 0 bridgehead atoms. The molecule has 0 aliphatic heterocycles. The molecule has 0 saturated heterocycles. The van der Waals surface area contributed by atoms with Gasteiger partial charge in [0.2, 0.25) is 5.95 Å². The molecular weight excluding hydrogens is 246 g/mol. The van der Waals surface area contributed by atoms with E-state index in [-0.39, 0.29) is 12.4 Å². The van der Waals surface area contributed by atoms with Crippen LogP contribution in [-0.2, 0) is 11.2 Å². The largest absolute Gasteiger partial charge is 0.481 e. The first-order valence-corrected chi connectivity index (χ1v) is 5.63. The van der Waals surface area contributed by atoms with Crippen molar-refractivity contribution in [3.63, 3.8) is 0 Å². The van der Waals surface area contributed by atoms with E-state index in [0.29, 0.717) is 22.8 Å². The van der Waals surface area contributed by atoms with Crippen molar-refractivity contribution in [1.29, 1.82) is 0 Å². The highest BCUT2D eigenvalue weighted by Gasteiger charge is 2.10. The molecule has 1 aromatic heterocycles. The topological polar surface area (TPSA) is 98.3 Å². The second-order valence-corrected chi connectivity index (χ2v) is 3.96. The van der Waals surface area contributed by atoms with Crippen LogP contribution in [0.3, 0.4) is 0 Å². The molecule has 2 aromatic rings. The number of rotatable bonds is 4. The number of hydrogen-bond donors (Lipinski definition) is 2. The average molecular weight is 259 g/mol. The number of benzene rings is 1. The molecule has 0 amide bonds. The van der Waals surface area contributed by atoms with Crippen LogP contribution in [0.5, 0.6) is 11.5 Å². The number of aliphatic carboxylic acids is 1. The van der Waals surface area contributed by atoms with Crippen molar-refractivity contribution >= 4 is 11.9 Å². The maximum atomic E-state index is 10.8. The molecule has 3 N–H and O–H groups in total. The summed E-state index contributed by atoms with van der Waals surface area (Å²) in [5.74, 6) is 0.179. The predicted octanol–water partition coefficient (Wildman–Crippen LogP) is 1.79. The van der Waals surface area contributed by atoms with Gasteiger partial charge in [-0.05, 0) is 13.0 Å². The summed E-state index contributed by atoms with van der Waals surface area (Å²) in [7, 11) is 0. The van der Waals surface area contributed by atoms with Gasteiger partial charge in [-0.15, -0.1) is 0 Å². The van der Waals surface area contributed by atoms with Crippen molar-refractivity contribution in [2.24, 2.45) is 0 Å². The Morgan fingerprint density at radius 3 is 2.79 bits per heavy atom. The van der Waals surface area contributed by atoms with E-state index in [1.165, 1.54) is 6.20 Å². The fraction of sp³-hybridized carbons (Fsp3) is 0.154. The van der Waals surface area contributed by atoms with Crippen molar-refractivity contribution in [3.8, 4) is 11.5 Å². The van der Waals surface area contributed by atoms with Crippen LogP contribution >= 0.6 is 0 Å². The Morgan fingerprint density at radius 2 is 2.11 bits per heavy atom. The molecule has 1 aromatic carbocycles. The third-order valence-electron chi connectivity index (χ3n) is 2.49. The molecule has 1 heterocycles. The van der Waals surface area contributed by atoms with Gasteiger partial charge in [-0.3, -0.25) is 4.79 Å². The van der Waals surface area contributed by atoms with Crippen molar-refractivity contribution in [2.75, 3.05) is 5.73 Å². The molecule has 0 saturated carbocycles. The van der Waals surface area contributed by atoms with Gasteiger partial charge in [0, 0.05) is 5.56 Å². The van der Waals surface area contributed by atoms with E-state index in [1.807, 2.05) is 0 Å². The van der Waals surface area contributed by atoms with Crippen LogP contribution in [0.15, 0.2) is 30.5 Å². The molecule has 6 nitrogen and oxygen atoms in total. The molecule has 0 radical (unpaired) electrons. The molecule has 0 spiro atoms. The normalized spacial score (nSPS) is 10.2. The molecule has 19 heavy (non-hydrogen) atoms. The number of nitrogens with zero attached hydrogens (tertiary/aromatic N) is 2. The summed E-state index contributed by atoms with van der Waals surface area (Å²) in [5.41, 5.74) is 6.65. The zero-order chi connectivity index (χ0) is 13.8. The molecule has 2 rings (SSSR count). The monoisotopic (exact) mass is 259 g/mol. The van der Waals surface area contributed by atoms with Crippen LogP contribution in [0.25, 0.3) is 0 Å². The Balaban J connectivity index is 2.30. The van der Waals surface area contributed by atoms with E-state index >= 15 is 0 Å². The summed E-state index contributed by atoms with van der Waals surface area (Å²) in [6.45, 7) is 1.74. The minimum atomic E-state index is -0.915. The van der Waals surface area contributed by atoms with E-state index in [1.54, 1.807) is 31.2 Å². The summed E-state index contributed by atoms with van der Waals surface area (Å²) in [5, 5.41) is 8.85. The number of carboxylic acids is 1. The van der Waals surface area contributed by atoms with Gasteiger partial charge < -0.3 is 15.6 Å². The molecule has 0 aliphatic rings. The maximum absolute atomic E-state index is 10.8. The molecule has 0 atom stereocenters. The van der Waals surface area contributed by atoms with E-state index < -0.39 is 5.97 Å². The van der Waals surface area contributed by atoms with Crippen LogP contribution in [0, 0.1) is 6.92 Å². The highest BCUT2D eigenvalue weighted by atomic mass is 16.5. The quantitative estimate of drug-likeness (QED) is 0.868. The molecule has 6 heteroatoms. The van der Waals surface area contributed by atoms with Crippen LogP contribution in [0.1, 0.15) is 11.3 Å². The van der Waals surface area contributed by atoms with Gasteiger partial charge in [-0.2, -0.15) is 0 Å². The van der Waals surface area contributed by atoms with Gasteiger partial charge in [0.15, 0.2) is 5.75 Å². The Hall–Kier alpha value is -2.63. The van der Waals surface area contributed by atoms with Crippen LogP contribution in [-0.4, -0.2) is 21.0 Å². The summed E-state index contributed by atoms with van der Waals surface area (Å²) < 4.78 is 5.65. The van der Waals surface area contributed by atoms with E-state index in [9.17, 15) is 4.79 Å². The molecule has 98 valence electrons. The van der Waals surface area contributed by atoms with E-state index in [0.717, 1.165) is 0 Å². The maximum Gasteiger partial charge on any atom is 0.307 e. The Bertz CT molecular complexity index is 614. The number of aryl methyl sites for hydroxylation is 1. The van der Waals surface area contributed by atoms with Gasteiger partial charge in [0.25, 0.3) is 0 Å². The summed E-state index contributed by atoms with van der Waals surface area (Å²) in [4.78, 5) is 18.6. The molecule has 0 fully saturated rings. The van der Waals surface area contributed by atoms with Crippen molar-refractivity contribution in [2.45, 2.75) is 13.3 Å². The number of carbonyl (C=O) groups is 1. The predicted molar refractivity (Wildman–Crippen MR) is 69.0 cm³/mol. The Kier molecular flexibility index (Phi) is 3.61. The third-order valence-corrected chi connectivity index (χ3v) is 2.49. The first kappa shape index (κ1) is 12.8. The van der Waals surface area contributed by atoms with Gasteiger partial charge >= 0.3 is 5.97 Å². The number of anilines is 1. The van der Waals surface area contributed by atoms with Crippen LogP contribution < -0.4 is 10.5 Å². The smallest absolute Gasteiger partial charge is 0.307 e. The first-order chi connectivity index (χ1) is 9.06. The number of hydrogen-bond acceptors (Lipinski definition) is 5. The van der Waals surface area contributed by atoms with Crippen molar-refractivity contribution in [3.05, 3.63) is 41.7 Å². The SMILES string of the molecule is Cc1nc(N)ncc1Oc1ccccc1CC(=O)O. The van der Waals surface area contributed by atoms with Crippen molar-refractivity contribution < 1.29 is 14.6 Å². The van der Waals surface area contributed by atoms with Gasteiger partial charge in [0.05, 0.1) is 18.3 Å². The van der Waals surface area contributed by atoms with Crippen LogP contribution in [0.2, 0.25) is 0 Å². The lowest BCUT2D eigenvalue weighted by atomic mass is 10.1. The first-order valence-electron chi connectivity index (χ1n) is 5.63. The van der Waals surface area contributed by atoms with E-state index in [2.05, 4.69) is 9.97 Å². The molecule has 0 unspecified atom stereocenters. The molecular formula is C13H13N3O3. The molecule has 0 aliphatic carbocycles. The van der Waals surface area contributed by atoms with Crippen molar-refractivity contribution in [1.82, 2.24) is 9.97 Å². The lowest BCUT2D eigenvalue weighted by Gasteiger charge is -2.11. The fourth-order valence-corrected chi connectivity index (χ4v) is 1.60. The summed E-state index contributed by atoms with van der Waals surface area (Å²) >= 11 is 0. The summed E-state index contributed by atoms with van der Waals surface area (Å²) in [6.07, 6.45) is 1.36. The number of aromatic nitrogens is 2. The van der Waals surface area contributed by atoms with E-state index in [4.69, 9.17) is 15.6 Å². The average Bonchev–Trinajstić information content (AvgIpc) is 2.34. The third kappa shape index (κ3) is 3.19. The second-order valence-electron chi connectivity index (χ2n) is 3.96. The van der Waals surface area contributed by atoms with Gasteiger partial charge in [0.1, 0.15) is 5.75 Å². The zero-order valence-electron chi connectivity index (χ0n) is 10.3. The number of ether oxygens (including phenoxy) is 1. The standard InChI is InChI=1S/C13H13N3O3/c1-8-11(7-15-13(14)16-8)19-10-5-3-2-4-9(10)6-12(17)18/h2-5,7H,6H2,1H3,(H,17,18)(H2,14,15,16). The number of para-hydroxylation sites is 1.